The second-order valence-corrected chi connectivity index (χ2v) is 4.89. The summed E-state index contributed by atoms with van der Waals surface area (Å²) in [5.74, 6) is 0. The van der Waals surface area contributed by atoms with Crippen molar-refractivity contribution in [3.05, 3.63) is 0 Å². The molecule has 0 radical (unpaired) electrons. The maximum absolute atomic E-state index is 11.4. The topological polar surface area (TPSA) is 49.8 Å². The van der Waals surface area contributed by atoms with Crippen molar-refractivity contribution in [2.24, 2.45) is 0 Å². The zero-order chi connectivity index (χ0) is 15.6. The van der Waals surface area contributed by atoms with Gasteiger partial charge in [-0.2, -0.15) is 0 Å². The number of likely N-dealkylation sites (tertiary alicyclic amines) is 1. The van der Waals surface area contributed by atoms with Gasteiger partial charge in [-0.05, 0) is 34.1 Å². The summed E-state index contributed by atoms with van der Waals surface area (Å²) in [4.78, 5) is 12.9. The largest absolute Gasteiger partial charge is 0.444 e. The van der Waals surface area contributed by atoms with Crippen LogP contribution in [0.15, 0.2) is 0 Å². The number of ether oxygens (including phenoxy) is 1. The Hall–Kier alpha value is -1.35. The van der Waals surface area contributed by atoms with E-state index >= 15 is 0 Å². The number of amides is 1. The van der Waals surface area contributed by atoms with Gasteiger partial charge in [0.1, 0.15) is 5.60 Å². The normalized spacial score (nSPS) is 18.0. The molecule has 0 unspecified atom stereocenters. The fraction of sp³-hybridized carbons (Fsp3) is 0.769. The summed E-state index contributed by atoms with van der Waals surface area (Å²) in [5, 5.41) is 9.20. The molecule has 0 aromatic carbocycles. The summed E-state index contributed by atoms with van der Waals surface area (Å²) in [6.07, 6.45) is 5.77. The fourth-order valence-electron chi connectivity index (χ4n) is 1.23. The van der Waals surface area contributed by atoms with Crippen LogP contribution in [0, 0.1) is 12.8 Å². The highest BCUT2D eigenvalue weighted by Crippen LogP contribution is 2.14. The quantitative estimate of drug-likeness (QED) is 0.693. The van der Waals surface area contributed by atoms with Crippen molar-refractivity contribution in [2.75, 3.05) is 13.1 Å². The molecule has 19 heavy (non-hydrogen) atoms. The van der Waals surface area contributed by atoms with Gasteiger partial charge in [0, 0.05) is 13.1 Å². The van der Waals surface area contributed by atoms with Crippen molar-refractivity contribution >= 4 is 6.09 Å². The minimum atomic E-state index is -2.17. The average molecular weight is 279 g/mol. The van der Waals surface area contributed by atoms with Crippen LogP contribution in [0.5, 0.6) is 0 Å². The van der Waals surface area contributed by atoms with E-state index in [4.69, 9.17) is 4.74 Å². The van der Waals surface area contributed by atoms with E-state index in [2.05, 4.69) is 12.8 Å². The number of terminal acetylenes is 1. The molecule has 1 rings (SSSR count). The third-order valence-electron chi connectivity index (χ3n) is 1.82. The fourth-order valence-corrected chi connectivity index (χ4v) is 1.23. The van der Waals surface area contributed by atoms with Crippen molar-refractivity contribution in [3.8, 4) is 12.8 Å². The van der Waals surface area contributed by atoms with Gasteiger partial charge in [0.2, 0.25) is 6.43 Å². The molecule has 1 heterocycles. The van der Waals surface area contributed by atoms with Crippen molar-refractivity contribution in [1.29, 1.82) is 0 Å². The third-order valence-corrected chi connectivity index (χ3v) is 1.82. The highest BCUT2D eigenvalue weighted by molar-refractivity contribution is 5.68. The lowest BCUT2D eigenvalue weighted by Gasteiger charge is -2.24. The van der Waals surface area contributed by atoms with Crippen LogP contribution < -0.4 is 0 Å². The Labute approximate surface area is 113 Å². The molecule has 1 atom stereocenters. The van der Waals surface area contributed by atoms with Gasteiger partial charge in [-0.25, -0.2) is 13.6 Å². The maximum Gasteiger partial charge on any atom is 0.410 e. The van der Waals surface area contributed by atoms with E-state index in [-0.39, 0.29) is 12.2 Å². The predicted molar refractivity (Wildman–Crippen MR) is 70.0 cm³/mol. The number of carbonyl (C=O) groups is 1. The zero-order valence-corrected chi connectivity index (χ0v) is 11.9. The van der Waals surface area contributed by atoms with E-state index in [9.17, 15) is 18.7 Å². The Kier molecular flexibility index (Phi) is 10.1. The van der Waals surface area contributed by atoms with Crippen LogP contribution in [0.1, 0.15) is 34.1 Å². The number of carbonyl (C=O) groups excluding carboxylic acids is 1. The second kappa shape index (κ2) is 9.56. The van der Waals surface area contributed by atoms with Crippen molar-refractivity contribution in [3.63, 3.8) is 0 Å². The molecule has 1 fully saturated rings. The summed E-state index contributed by atoms with van der Waals surface area (Å²) < 4.78 is 25.8. The number of hydrogen-bond donors (Lipinski definition) is 1. The maximum atomic E-state index is 11.4. The summed E-state index contributed by atoms with van der Waals surface area (Å²) in [7, 11) is 0. The number of aliphatic hydroxyl groups excluding tert-OH is 1. The molecule has 0 aromatic heterocycles. The SMILES string of the molecule is C#C.CC(C)(C)OC(=O)N1CC[C@H](O)C1.CC(F)F. The van der Waals surface area contributed by atoms with E-state index in [0.717, 1.165) is 6.92 Å². The smallest absolute Gasteiger partial charge is 0.410 e. The second-order valence-electron chi connectivity index (χ2n) is 4.89. The van der Waals surface area contributed by atoms with E-state index in [1.165, 1.54) is 4.90 Å². The summed E-state index contributed by atoms with van der Waals surface area (Å²) in [6.45, 7) is 7.32. The Morgan fingerprint density at radius 2 is 1.84 bits per heavy atom. The molecule has 1 saturated heterocycles. The van der Waals surface area contributed by atoms with Gasteiger partial charge >= 0.3 is 6.09 Å². The minimum Gasteiger partial charge on any atom is -0.444 e. The van der Waals surface area contributed by atoms with Gasteiger partial charge in [0.15, 0.2) is 0 Å². The van der Waals surface area contributed by atoms with Gasteiger partial charge in [-0.15, -0.1) is 12.8 Å². The number of halogens is 2. The average Bonchev–Trinajstić information content (AvgIpc) is 2.64. The van der Waals surface area contributed by atoms with Crippen LogP contribution in [0.3, 0.4) is 0 Å². The van der Waals surface area contributed by atoms with Gasteiger partial charge in [0.05, 0.1) is 6.10 Å². The molecule has 0 saturated carbocycles. The highest BCUT2D eigenvalue weighted by Gasteiger charge is 2.28. The molecule has 6 heteroatoms. The monoisotopic (exact) mass is 279 g/mol. The molecule has 0 aliphatic carbocycles. The number of nitrogens with zero attached hydrogens (tertiary/aromatic N) is 1. The van der Waals surface area contributed by atoms with Crippen LogP contribution in [-0.4, -0.2) is 47.3 Å². The Morgan fingerprint density at radius 3 is 2.11 bits per heavy atom. The van der Waals surface area contributed by atoms with Crippen LogP contribution in [0.25, 0.3) is 0 Å². The first-order valence-electron chi connectivity index (χ1n) is 5.89. The van der Waals surface area contributed by atoms with E-state index < -0.39 is 12.0 Å². The molecular weight excluding hydrogens is 256 g/mol. The summed E-state index contributed by atoms with van der Waals surface area (Å²) >= 11 is 0. The van der Waals surface area contributed by atoms with Crippen LogP contribution >= 0.6 is 0 Å². The first-order chi connectivity index (χ1) is 8.61. The molecule has 1 aliphatic rings. The third kappa shape index (κ3) is 12.9. The van der Waals surface area contributed by atoms with E-state index in [0.29, 0.717) is 19.5 Å². The van der Waals surface area contributed by atoms with Crippen LogP contribution in [0.4, 0.5) is 13.6 Å². The molecule has 1 amide bonds. The molecule has 0 spiro atoms. The van der Waals surface area contributed by atoms with Gasteiger partial charge in [-0.1, -0.05) is 0 Å². The van der Waals surface area contributed by atoms with Gasteiger partial charge in [0.25, 0.3) is 0 Å². The molecule has 4 nitrogen and oxygen atoms in total. The number of β-amino-alcohol motifs (C(OH)–C–C–N with tert-alkyl or cyclic N) is 1. The molecule has 1 N–H and O–H groups in total. The molecule has 0 aromatic rings. The predicted octanol–water partition coefficient (Wildman–Crippen LogP) is 2.51. The minimum absolute atomic E-state index is 0.330. The van der Waals surface area contributed by atoms with Crippen LogP contribution in [-0.2, 0) is 4.74 Å². The number of rotatable bonds is 0. The molecule has 112 valence electrons. The zero-order valence-electron chi connectivity index (χ0n) is 11.9. The van der Waals surface area contributed by atoms with Crippen LogP contribution in [0.2, 0.25) is 0 Å². The first-order valence-corrected chi connectivity index (χ1v) is 5.89. The van der Waals surface area contributed by atoms with Crippen molar-refractivity contribution in [1.82, 2.24) is 4.90 Å². The molecular formula is C13H23F2NO3. The first kappa shape index (κ1) is 20.0. The number of alkyl halides is 2. The standard InChI is InChI=1S/C9H17NO3.C2H4F2.C2H2/c1-9(2,3)13-8(12)10-5-4-7(11)6-10;1-2(3)4;1-2/h7,11H,4-6H2,1-3H3;2H,1H3;1-2H/t7-;;/m0../s1. The van der Waals surface area contributed by atoms with E-state index in [1.807, 2.05) is 20.8 Å². The summed E-state index contributed by atoms with van der Waals surface area (Å²) in [5.41, 5.74) is -0.454. The van der Waals surface area contributed by atoms with Gasteiger partial charge < -0.3 is 14.7 Å². The number of hydrogen-bond acceptors (Lipinski definition) is 3. The highest BCUT2D eigenvalue weighted by atomic mass is 19.3. The van der Waals surface area contributed by atoms with Crippen molar-refractivity contribution < 1.29 is 23.4 Å². The van der Waals surface area contributed by atoms with Gasteiger partial charge in [-0.3, -0.25) is 0 Å². The summed E-state index contributed by atoms with van der Waals surface area (Å²) in [6, 6.07) is 0. The Bertz CT molecular complexity index is 272. The molecule has 1 aliphatic heterocycles. The lowest BCUT2D eigenvalue weighted by molar-refractivity contribution is 0.0270. The van der Waals surface area contributed by atoms with E-state index in [1.54, 1.807) is 0 Å². The number of aliphatic hydroxyl groups is 1. The van der Waals surface area contributed by atoms with Crippen molar-refractivity contribution in [2.45, 2.75) is 52.2 Å². The lowest BCUT2D eigenvalue weighted by atomic mass is 10.2. The molecule has 0 bridgehead atoms. The lowest BCUT2D eigenvalue weighted by Crippen LogP contribution is -2.35. The Balaban J connectivity index is 0. The Morgan fingerprint density at radius 1 is 1.42 bits per heavy atom.